The second-order valence-corrected chi connectivity index (χ2v) is 5.46. The van der Waals surface area contributed by atoms with E-state index >= 15 is 0 Å². The van der Waals surface area contributed by atoms with Gasteiger partial charge in [-0.3, -0.25) is 4.90 Å². The van der Waals surface area contributed by atoms with Gasteiger partial charge in [0.15, 0.2) is 0 Å². The first kappa shape index (κ1) is 10.4. The van der Waals surface area contributed by atoms with E-state index in [2.05, 4.69) is 18.7 Å². The minimum atomic E-state index is 0.370. The van der Waals surface area contributed by atoms with Crippen molar-refractivity contribution in [3.63, 3.8) is 0 Å². The van der Waals surface area contributed by atoms with Crippen molar-refractivity contribution in [2.45, 2.75) is 57.5 Å². The molecule has 2 rings (SSSR count). The van der Waals surface area contributed by atoms with Crippen LogP contribution in [0.15, 0.2) is 0 Å². The summed E-state index contributed by atoms with van der Waals surface area (Å²) < 4.78 is 0. The predicted molar refractivity (Wildman–Crippen MR) is 60.2 cm³/mol. The van der Waals surface area contributed by atoms with E-state index in [1.807, 2.05) is 0 Å². The molecule has 1 heterocycles. The van der Waals surface area contributed by atoms with Gasteiger partial charge in [0.2, 0.25) is 0 Å². The van der Waals surface area contributed by atoms with Gasteiger partial charge in [-0.05, 0) is 51.5 Å². The first-order valence-electron chi connectivity index (χ1n) is 6.15. The van der Waals surface area contributed by atoms with Crippen molar-refractivity contribution in [1.29, 1.82) is 0 Å². The minimum Gasteiger partial charge on any atom is -0.329 e. The molecule has 0 aromatic rings. The monoisotopic (exact) mass is 196 g/mol. The maximum atomic E-state index is 6.03. The van der Waals surface area contributed by atoms with Crippen molar-refractivity contribution in [1.82, 2.24) is 4.90 Å². The van der Waals surface area contributed by atoms with E-state index in [9.17, 15) is 0 Å². The van der Waals surface area contributed by atoms with Crippen LogP contribution in [0.25, 0.3) is 0 Å². The van der Waals surface area contributed by atoms with E-state index in [-0.39, 0.29) is 0 Å². The van der Waals surface area contributed by atoms with Crippen LogP contribution in [-0.2, 0) is 0 Å². The molecule has 1 saturated carbocycles. The predicted octanol–water partition coefficient (Wildman–Crippen LogP) is 1.99. The smallest absolute Gasteiger partial charge is 0.0337 e. The third kappa shape index (κ3) is 1.59. The van der Waals surface area contributed by atoms with Crippen molar-refractivity contribution < 1.29 is 0 Å². The topological polar surface area (TPSA) is 29.3 Å². The molecule has 0 aromatic carbocycles. The second kappa shape index (κ2) is 3.82. The Hall–Kier alpha value is -0.0800. The lowest BCUT2D eigenvalue weighted by atomic mass is 9.93. The number of nitrogens with zero attached hydrogens (tertiary/aromatic N) is 1. The highest BCUT2D eigenvalue weighted by atomic mass is 15.3. The standard InChI is InChI=1S/C12H24N2/c1-10-5-6-12(8-10,9-13)14-7-3-4-11(14)2/h10-11H,3-9,13H2,1-2H3. The summed E-state index contributed by atoms with van der Waals surface area (Å²) in [5.41, 5.74) is 6.40. The summed E-state index contributed by atoms with van der Waals surface area (Å²) in [6.07, 6.45) is 6.77. The molecule has 2 heteroatoms. The van der Waals surface area contributed by atoms with Gasteiger partial charge in [-0.1, -0.05) is 6.92 Å². The molecule has 3 atom stereocenters. The Balaban J connectivity index is 2.11. The Morgan fingerprint density at radius 1 is 1.36 bits per heavy atom. The molecule has 2 N–H and O–H groups in total. The third-order valence-electron chi connectivity index (χ3n) is 4.37. The van der Waals surface area contributed by atoms with Crippen LogP contribution >= 0.6 is 0 Å². The van der Waals surface area contributed by atoms with Gasteiger partial charge in [-0.25, -0.2) is 0 Å². The summed E-state index contributed by atoms with van der Waals surface area (Å²) in [6.45, 7) is 6.89. The number of hydrogen-bond donors (Lipinski definition) is 1. The molecule has 82 valence electrons. The van der Waals surface area contributed by atoms with Crippen molar-refractivity contribution in [3.8, 4) is 0 Å². The van der Waals surface area contributed by atoms with Crippen LogP contribution in [0.3, 0.4) is 0 Å². The van der Waals surface area contributed by atoms with E-state index in [4.69, 9.17) is 5.73 Å². The van der Waals surface area contributed by atoms with E-state index in [0.29, 0.717) is 5.54 Å². The Kier molecular flexibility index (Phi) is 2.85. The highest BCUT2D eigenvalue weighted by molar-refractivity contribution is 5.01. The molecule has 0 aromatic heterocycles. The Labute approximate surface area is 87.8 Å². The van der Waals surface area contributed by atoms with E-state index in [1.54, 1.807) is 0 Å². The summed E-state index contributed by atoms with van der Waals surface area (Å²) >= 11 is 0. The molecule has 2 nitrogen and oxygen atoms in total. The fourth-order valence-corrected chi connectivity index (χ4v) is 3.57. The highest BCUT2D eigenvalue weighted by Crippen LogP contribution is 2.41. The first-order chi connectivity index (χ1) is 6.68. The molecule has 1 saturated heterocycles. The van der Waals surface area contributed by atoms with Crippen molar-refractivity contribution >= 4 is 0 Å². The molecule has 3 unspecified atom stereocenters. The maximum absolute atomic E-state index is 6.03. The number of likely N-dealkylation sites (tertiary alicyclic amines) is 1. The van der Waals surface area contributed by atoms with E-state index in [0.717, 1.165) is 18.5 Å². The lowest BCUT2D eigenvalue weighted by Gasteiger charge is -2.41. The fraction of sp³-hybridized carbons (Fsp3) is 1.00. The maximum Gasteiger partial charge on any atom is 0.0337 e. The van der Waals surface area contributed by atoms with Gasteiger partial charge in [0.25, 0.3) is 0 Å². The first-order valence-corrected chi connectivity index (χ1v) is 6.15. The zero-order valence-corrected chi connectivity index (χ0v) is 9.63. The van der Waals surface area contributed by atoms with Gasteiger partial charge < -0.3 is 5.73 Å². The molecular formula is C12H24N2. The third-order valence-corrected chi connectivity index (χ3v) is 4.37. The normalized spacial score (nSPS) is 44.8. The van der Waals surface area contributed by atoms with Crippen LogP contribution < -0.4 is 5.73 Å². The minimum absolute atomic E-state index is 0.370. The van der Waals surface area contributed by atoms with Crippen LogP contribution in [0.4, 0.5) is 0 Å². The molecule has 0 bridgehead atoms. The Morgan fingerprint density at radius 3 is 2.57 bits per heavy atom. The molecule has 0 spiro atoms. The summed E-state index contributed by atoms with van der Waals surface area (Å²) in [5.74, 6) is 0.881. The van der Waals surface area contributed by atoms with Crippen molar-refractivity contribution in [3.05, 3.63) is 0 Å². The summed E-state index contributed by atoms with van der Waals surface area (Å²) in [6, 6.07) is 0.767. The second-order valence-electron chi connectivity index (χ2n) is 5.46. The molecule has 1 aliphatic heterocycles. The van der Waals surface area contributed by atoms with Crippen LogP contribution in [0.2, 0.25) is 0 Å². The SMILES string of the molecule is CC1CCC(CN)(N2CCCC2C)C1. The quantitative estimate of drug-likeness (QED) is 0.732. The average molecular weight is 196 g/mol. The van der Waals surface area contributed by atoms with Gasteiger partial charge in [0, 0.05) is 18.1 Å². The highest BCUT2D eigenvalue weighted by Gasteiger charge is 2.44. The Morgan fingerprint density at radius 2 is 2.14 bits per heavy atom. The lowest BCUT2D eigenvalue weighted by Crippen LogP contribution is -2.53. The lowest BCUT2D eigenvalue weighted by molar-refractivity contribution is 0.0893. The molecule has 2 fully saturated rings. The zero-order chi connectivity index (χ0) is 10.2. The van der Waals surface area contributed by atoms with Crippen LogP contribution in [0.1, 0.15) is 46.0 Å². The van der Waals surface area contributed by atoms with Crippen molar-refractivity contribution in [2.24, 2.45) is 11.7 Å². The molecule has 14 heavy (non-hydrogen) atoms. The van der Waals surface area contributed by atoms with E-state index in [1.165, 1.54) is 38.6 Å². The largest absolute Gasteiger partial charge is 0.329 e. The zero-order valence-electron chi connectivity index (χ0n) is 9.63. The van der Waals surface area contributed by atoms with Gasteiger partial charge in [-0.15, -0.1) is 0 Å². The number of hydrogen-bond acceptors (Lipinski definition) is 2. The molecule has 0 radical (unpaired) electrons. The van der Waals surface area contributed by atoms with Gasteiger partial charge in [0.05, 0.1) is 0 Å². The van der Waals surface area contributed by atoms with Crippen LogP contribution in [0, 0.1) is 5.92 Å². The van der Waals surface area contributed by atoms with Crippen molar-refractivity contribution in [2.75, 3.05) is 13.1 Å². The van der Waals surface area contributed by atoms with E-state index < -0.39 is 0 Å². The Bertz CT molecular complexity index is 204. The molecule has 1 aliphatic carbocycles. The molecular weight excluding hydrogens is 172 g/mol. The van der Waals surface area contributed by atoms with Gasteiger partial charge >= 0.3 is 0 Å². The molecule has 2 aliphatic rings. The number of rotatable bonds is 2. The summed E-state index contributed by atoms with van der Waals surface area (Å²) in [5, 5.41) is 0. The summed E-state index contributed by atoms with van der Waals surface area (Å²) in [4.78, 5) is 2.70. The average Bonchev–Trinajstić information content (AvgIpc) is 2.73. The van der Waals surface area contributed by atoms with Gasteiger partial charge in [0.1, 0.15) is 0 Å². The summed E-state index contributed by atoms with van der Waals surface area (Å²) in [7, 11) is 0. The molecule has 0 amide bonds. The number of nitrogens with two attached hydrogens (primary N) is 1. The van der Waals surface area contributed by atoms with Gasteiger partial charge in [-0.2, -0.15) is 0 Å². The van der Waals surface area contributed by atoms with Crippen LogP contribution in [0.5, 0.6) is 0 Å². The fourth-order valence-electron chi connectivity index (χ4n) is 3.57. The van der Waals surface area contributed by atoms with Crippen LogP contribution in [-0.4, -0.2) is 29.6 Å².